The number of pyridine rings is 1. The van der Waals surface area contributed by atoms with E-state index in [1.807, 2.05) is 6.07 Å². The number of piperidine rings is 1. The van der Waals surface area contributed by atoms with Crippen LogP contribution in [-0.4, -0.2) is 65.4 Å². The summed E-state index contributed by atoms with van der Waals surface area (Å²) >= 11 is 1.14. The quantitative estimate of drug-likeness (QED) is 0.220. The van der Waals surface area contributed by atoms with E-state index in [1.165, 1.54) is 0 Å². The van der Waals surface area contributed by atoms with Crippen LogP contribution in [0.25, 0.3) is 10.2 Å². The van der Waals surface area contributed by atoms with Crippen molar-refractivity contribution in [3.05, 3.63) is 46.3 Å². The lowest BCUT2D eigenvalue weighted by atomic mass is 10.0. The highest BCUT2D eigenvalue weighted by Crippen LogP contribution is 2.37. The second kappa shape index (κ2) is 11.8. The third kappa shape index (κ3) is 6.30. The number of hydrogen-bond acceptors (Lipinski definition) is 9. The highest BCUT2D eigenvalue weighted by atomic mass is 32.1. The molecule has 1 aliphatic heterocycles. The zero-order valence-corrected chi connectivity index (χ0v) is 21.7. The van der Waals surface area contributed by atoms with Gasteiger partial charge in [0.05, 0.1) is 11.8 Å². The molecule has 0 radical (unpaired) electrons. The number of nitrogens with two attached hydrogens (primary N) is 2. The van der Waals surface area contributed by atoms with Crippen molar-refractivity contribution in [3.8, 4) is 0 Å². The van der Waals surface area contributed by atoms with Crippen molar-refractivity contribution in [3.63, 3.8) is 0 Å². The zero-order chi connectivity index (χ0) is 26.5. The number of aromatic carboxylic acids is 1. The Balaban J connectivity index is 1.31. The Labute approximate surface area is 219 Å². The van der Waals surface area contributed by atoms with Gasteiger partial charge >= 0.3 is 5.97 Å². The van der Waals surface area contributed by atoms with Crippen molar-refractivity contribution in [1.29, 1.82) is 0 Å². The Morgan fingerprint density at radius 2 is 2.00 bits per heavy atom. The molecule has 0 aliphatic carbocycles. The number of anilines is 3. The van der Waals surface area contributed by atoms with Crippen LogP contribution in [-0.2, 0) is 6.42 Å². The fourth-order valence-corrected chi connectivity index (χ4v) is 5.65. The number of hydrogen-bond donors (Lipinski definition) is 6. The van der Waals surface area contributed by atoms with Gasteiger partial charge in [-0.05, 0) is 49.1 Å². The van der Waals surface area contributed by atoms with Crippen LogP contribution in [0, 0.1) is 0 Å². The van der Waals surface area contributed by atoms with E-state index in [0.29, 0.717) is 29.2 Å². The standard InChI is InChI=1S/C26H34N6O4S/c1-2-4-15-12-20(31-25-21(15)22(27)23(37-25)26(35)36)32-9-7-17(8-10-32)29-13-19(33)14-30-18-6-3-5-16(11-18)24(28)34/h3,5-6,11-12,17,19,29-30,33H,2,4,7-10,13-14,27H2,1H3,(H2,28,34)(H,35,36). The molecule has 1 atom stereocenters. The number of benzene rings is 1. The number of carbonyl (C=O) groups is 2. The Morgan fingerprint density at radius 3 is 2.68 bits per heavy atom. The van der Waals surface area contributed by atoms with Gasteiger partial charge in [0.15, 0.2) is 0 Å². The second-order valence-electron chi connectivity index (χ2n) is 9.37. The predicted molar refractivity (Wildman–Crippen MR) is 148 cm³/mol. The molecule has 8 N–H and O–H groups in total. The van der Waals surface area contributed by atoms with Gasteiger partial charge in [0.1, 0.15) is 15.5 Å². The van der Waals surface area contributed by atoms with Crippen LogP contribution in [0.2, 0.25) is 0 Å². The van der Waals surface area contributed by atoms with Crippen LogP contribution in [0.15, 0.2) is 30.3 Å². The number of nitrogens with one attached hydrogen (secondary N) is 2. The average Bonchev–Trinajstić information content (AvgIpc) is 3.23. The molecular weight excluding hydrogens is 492 g/mol. The molecule has 1 aromatic carbocycles. The maximum absolute atomic E-state index is 11.6. The van der Waals surface area contributed by atoms with E-state index >= 15 is 0 Å². The Kier molecular flexibility index (Phi) is 8.47. The maximum atomic E-state index is 11.6. The molecule has 3 heterocycles. The molecular formula is C26H34N6O4S. The normalized spacial score (nSPS) is 15.1. The lowest BCUT2D eigenvalue weighted by Gasteiger charge is -2.34. The van der Waals surface area contributed by atoms with Crippen molar-refractivity contribution < 1.29 is 19.8 Å². The van der Waals surface area contributed by atoms with Gasteiger partial charge in [0.2, 0.25) is 5.91 Å². The van der Waals surface area contributed by atoms with E-state index in [-0.39, 0.29) is 10.9 Å². The minimum absolute atomic E-state index is 0.147. The molecule has 198 valence electrons. The summed E-state index contributed by atoms with van der Waals surface area (Å²) in [6.45, 7) is 4.50. The number of carboxylic acid groups (broad SMARTS) is 1. The summed E-state index contributed by atoms with van der Waals surface area (Å²) in [5, 5.41) is 27.3. The molecule has 37 heavy (non-hydrogen) atoms. The van der Waals surface area contributed by atoms with Crippen molar-refractivity contribution in [2.75, 3.05) is 42.1 Å². The van der Waals surface area contributed by atoms with Crippen LogP contribution in [0.4, 0.5) is 17.2 Å². The zero-order valence-electron chi connectivity index (χ0n) is 20.9. The predicted octanol–water partition coefficient (Wildman–Crippen LogP) is 2.66. The number of carboxylic acids is 1. The fourth-order valence-electron chi connectivity index (χ4n) is 4.68. The van der Waals surface area contributed by atoms with E-state index in [9.17, 15) is 19.8 Å². The Bertz CT molecular complexity index is 1270. The molecule has 1 amide bonds. The minimum atomic E-state index is -1.02. The van der Waals surface area contributed by atoms with E-state index < -0.39 is 18.0 Å². The molecule has 1 aliphatic rings. The van der Waals surface area contributed by atoms with E-state index in [2.05, 4.69) is 28.5 Å². The third-order valence-electron chi connectivity index (χ3n) is 6.63. The van der Waals surface area contributed by atoms with Gasteiger partial charge in [-0.3, -0.25) is 4.79 Å². The molecule has 1 fully saturated rings. The van der Waals surface area contributed by atoms with Gasteiger partial charge in [-0.15, -0.1) is 11.3 Å². The summed E-state index contributed by atoms with van der Waals surface area (Å²) in [5.74, 6) is -0.651. The summed E-state index contributed by atoms with van der Waals surface area (Å²) in [7, 11) is 0. The highest BCUT2D eigenvalue weighted by molar-refractivity contribution is 7.21. The molecule has 1 unspecified atom stereocenters. The number of aromatic nitrogens is 1. The lowest BCUT2D eigenvalue weighted by molar-refractivity contribution is 0.0703. The number of thiophene rings is 1. The third-order valence-corrected chi connectivity index (χ3v) is 7.72. The first-order valence-electron chi connectivity index (χ1n) is 12.5. The number of aryl methyl sites for hydroxylation is 1. The Hall–Kier alpha value is -3.41. The van der Waals surface area contributed by atoms with Crippen LogP contribution in [0.1, 0.15) is 51.8 Å². The van der Waals surface area contributed by atoms with Crippen molar-refractivity contribution >= 4 is 50.6 Å². The van der Waals surface area contributed by atoms with Gasteiger partial charge in [-0.2, -0.15) is 0 Å². The van der Waals surface area contributed by atoms with E-state index in [0.717, 1.165) is 72.6 Å². The number of nitrogen functional groups attached to an aromatic ring is 1. The number of aliphatic hydroxyl groups excluding tert-OH is 1. The van der Waals surface area contributed by atoms with Crippen LogP contribution >= 0.6 is 11.3 Å². The summed E-state index contributed by atoms with van der Waals surface area (Å²) in [6.07, 6.45) is 2.94. The molecule has 11 heteroatoms. The smallest absolute Gasteiger partial charge is 0.348 e. The largest absolute Gasteiger partial charge is 0.477 e. The minimum Gasteiger partial charge on any atom is -0.477 e. The summed E-state index contributed by atoms with van der Waals surface area (Å²) in [4.78, 5) is 30.7. The number of nitrogens with zero attached hydrogens (tertiary/aromatic N) is 2. The molecule has 0 saturated carbocycles. The average molecular weight is 527 g/mol. The maximum Gasteiger partial charge on any atom is 0.348 e. The number of amides is 1. The van der Waals surface area contributed by atoms with Gasteiger partial charge < -0.3 is 37.2 Å². The summed E-state index contributed by atoms with van der Waals surface area (Å²) < 4.78 is 0. The number of rotatable bonds is 11. The second-order valence-corrected chi connectivity index (χ2v) is 10.4. The first kappa shape index (κ1) is 26.6. The molecule has 0 spiro atoms. The van der Waals surface area contributed by atoms with Gasteiger partial charge in [-0.25, -0.2) is 9.78 Å². The monoisotopic (exact) mass is 526 g/mol. The Morgan fingerprint density at radius 1 is 1.24 bits per heavy atom. The summed E-state index contributed by atoms with van der Waals surface area (Å²) in [6, 6.07) is 9.22. The van der Waals surface area contributed by atoms with E-state index in [4.69, 9.17) is 16.5 Å². The van der Waals surface area contributed by atoms with Crippen LogP contribution in [0.5, 0.6) is 0 Å². The first-order valence-corrected chi connectivity index (χ1v) is 13.3. The number of aliphatic hydroxyl groups is 1. The van der Waals surface area contributed by atoms with Crippen molar-refractivity contribution in [1.82, 2.24) is 10.3 Å². The van der Waals surface area contributed by atoms with Crippen LogP contribution in [0.3, 0.4) is 0 Å². The summed E-state index contributed by atoms with van der Waals surface area (Å²) in [5.41, 5.74) is 14.0. The molecule has 2 aromatic heterocycles. The SMILES string of the molecule is CCCc1cc(N2CCC(NCC(O)CNc3cccc(C(N)=O)c3)CC2)nc2sc(C(=O)O)c(N)c12. The van der Waals surface area contributed by atoms with Gasteiger partial charge in [-0.1, -0.05) is 19.4 Å². The van der Waals surface area contributed by atoms with Crippen LogP contribution < -0.4 is 27.0 Å². The highest BCUT2D eigenvalue weighted by Gasteiger charge is 2.24. The van der Waals surface area contributed by atoms with E-state index in [1.54, 1.807) is 18.2 Å². The van der Waals surface area contributed by atoms with Crippen molar-refractivity contribution in [2.45, 2.75) is 44.8 Å². The van der Waals surface area contributed by atoms with Gasteiger partial charge in [0.25, 0.3) is 0 Å². The number of primary amides is 1. The molecule has 0 bridgehead atoms. The fraction of sp³-hybridized carbons (Fsp3) is 0.423. The number of carbonyl (C=O) groups excluding carboxylic acids is 1. The topological polar surface area (TPSA) is 167 Å². The molecule has 10 nitrogen and oxygen atoms in total. The molecule has 3 aromatic rings. The van der Waals surface area contributed by atoms with Crippen molar-refractivity contribution in [2.24, 2.45) is 5.73 Å². The first-order chi connectivity index (χ1) is 17.8. The van der Waals surface area contributed by atoms with Gasteiger partial charge in [0, 0.05) is 48.9 Å². The molecule has 4 rings (SSSR count). The number of fused-ring (bicyclic) bond motifs is 1. The lowest BCUT2D eigenvalue weighted by Crippen LogP contribution is -2.45. The molecule has 1 saturated heterocycles.